The molecule has 32 heavy (non-hydrogen) atoms. The number of rotatable bonds is 6. The minimum absolute atomic E-state index is 0.0122. The lowest BCUT2D eigenvalue weighted by atomic mass is 9.84. The molecule has 0 unspecified atom stereocenters. The summed E-state index contributed by atoms with van der Waals surface area (Å²) >= 11 is 6.07. The van der Waals surface area contributed by atoms with Gasteiger partial charge in [-0.3, -0.25) is 9.69 Å². The van der Waals surface area contributed by atoms with Crippen LogP contribution in [0.3, 0.4) is 0 Å². The van der Waals surface area contributed by atoms with E-state index in [1.165, 1.54) is 5.56 Å². The van der Waals surface area contributed by atoms with E-state index in [9.17, 15) is 4.79 Å². The van der Waals surface area contributed by atoms with Crippen LogP contribution in [0.15, 0.2) is 28.7 Å². The summed E-state index contributed by atoms with van der Waals surface area (Å²) in [5.41, 5.74) is 2.23. The number of aromatic nitrogens is 1. The summed E-state index contributed by atoms with van der Waals surface area (Å²) in [4.78, 5) is 19.7. The van der Waals surface area contributed by atoms with Crippen LogP contribution in [-0.4, -0.2) is 53.7 Å². The lowest BCUT2D eigenvalue weighted by Crippen LogP contribution is -2.58. The van der Waals surface area contributed by atoms with E-state index < -0.39 is 6.10 Å². The number of carbonyl (C=O) groups is 1. The van der Waals surface area contributed by atoms with E-state index >= 15 is 0 Å². The number of nitrogens with one attached hydrogen (secondary N) is 1. The van der Waals surface area contributed by atoms with Gasteiger partial charge in [-0.25, -0.2) is 4.98 Å². The highest BCUT2D eigenvalue weighted by atomic mass is 35.5. The Labute approximate surface area is 195 Å². The second-order valence-corrected chi connectivity index (χ2v) is 9.53. The molecular formula is C25H34ClN3O3. The maximum Gasteiger partial charge on any atom is 0.250 e. The average Bonchev–Trinajstić information content (AvgIpc) is 3.14. The zero-order valence-corrected chi connectivity index (χ0v) is 20.0. The minimum atomic E-state index is -0.411. The van der Waals surface area contributed by atoms with Crippen LogP contribution in [0.5, 0.6) is 0 Å². The van der Waals surface area contributed by atoms with E-state index in [0.29, 0.717) is 31.7 Å². The van der Waals surface area contributed by atoms with Gasteiger partial charge < -0.3 is 14.5 Å². The molecule has 0 bridgehead atoms. The number of carbonyl (C=O) groups excluding carboxylic acids is 1. The topological polar surface area (TPSA) is 67.6 Å². The first-order valence-electron chi connectivity index (χ1n) is 11.8. The van der Waals surface area contributed by atoms with Crippen molar-refractivity contribution in [2.75, 3.05) is 19.7 Å². The molecule has 1 aromatic heterocycles. The smallest absolute Gasteiger partial charge is 0.250 e. The summed E-state index contributed by atoms with van der Waals surface area (Å²) in [6, 6.07) is 8.72. The van der Waals surface area contributed by atoms with Gasteiger partial charge in [0, 0.05) is 36.1 Å². The molecule has 2 heterocycles. The Balaban J connectivity index is 1.45. The third kappa shape index (κ3) is 5.36. The second-order valence-electron chi connectivity index (χ2n) is 9.10. The fourth-order valence-corrected chi connectivity index (χ4v) is 5.13. The van der Waals surface area contributed by atoms with Gasteiger partial charge in [0.1, 0.15) is 11.9 Å². The van der Waals surface area contributed by atoms with Crippen LogP contribution in [0.25, 0.3) is 0 Å². The fourth-order valence-electron chi connectivity index (χ4n) is 5.01. The van der Waals surface area contributed by atoms with Crippen molar-refractivity contribution in [2.24, 2.45) is 0 Å². The van der Waals surface area contributed by atoms with Crippen LogP contribution in [0.2, 0.25) is 5.02 Å². The fraction of sp³-hybridized carbons (Fsp3) is 0.600. The second kappa shape index (κ2) is 10.4. The van der Waals surface area contributed by atoms with Crippen molar-refractivity contribution in [3.8, 4) is 0 Å². The van der Waals surface area contributed by atoms with Crippen molar-refractivity contribution in [1.29, 1.82) is 0 Å². The molecule has 1 aliphatic carbocycles. The lowest BCUT2D eigenvalue weighted by molar-refractivity contribution is -0.145. The van der Waals surface area contributed by atoms with Gasteiger partial charge in [-0.05, 0) is 70.6 Å². The molecule has 2 fully saturated rings. The molecular weight excluding hydrogens is 426 g/mol. The summed E-state index contributed by atoms with van der Waals surface area (Å²) in [5, 5.41) is 3.67. The molecule has 1 saturated carbocycles. The Hall–Kier alpha value is -1.89. The molecule has 174 valence electrons. The maximum absolute atomic E-state index is 12.5. The molecule has 2 aliphatic rings. The van der Waals surface area contributed by atoms with Gasteiger partial charge >= 0.3 is 0 Å². The van der Waals surface area contributed by atoms with Crippen LogP contribution in [0.4, 0.5) is 0 Å². The molecule has 0 spiro atoms. The Morgan fingerprint density at radius 2 is 1.91 bits per heavy atom. The number of nitrogens with zero attached hydrogens (tertiary/aromatic N) is 2. The van der Waals surface area contributed by atoms with Crippen LogP contribution in [-0.2, 0) is 16.0 Å². The number of benzene rings is 1. The molecule has 1 aliphatic heterocycles. The molecule has 1 amide bonds. The third-order valence-electron chi connectivity index (χ3n) is 6.92. The van der Waals surface area contributed by atoms with Gasteiger partial charge in [0.25, 0.3) is 0 Å². The van der Waals surface area contributed by atoms with Gasteiger partial charge in [0.2, 0.25) is 5.91 Å². The highest BCUT2D eigenvalue weighted by molar-refractivity contribution is 6.30. The normalized spacial score (nSPS) is 26.8. The molecule has 4 rings (SSSR count). The van der Waals surface area contributed by atoms with Crippen LogP contribution in [0.1, 0.15) is 61.4 Å². The quantitative estimate of drug-likeness (QED) is 0.692. The first kappa shape index (κ1) is 23.3. The van der Waals surface area contributed by atoms with E-state index in [2.05, 4.69) is 27.3 Å². The van der Waals surface area contributed by atoms with E-state index in [0.717, 1.165) is 54.5 Å². The summed E-state index contributed by atoms with van der Waals surface area (Å²) < 4.78 is 11.9. The van der Waals surface area contributed by atoms with Crippen molar-refractivity contribution in [3.05, 3.63) is 52.2 Å². The van der Waals surface area contributed by atoms with Crippen molar-refractivity contribution < 1.29 is 13.9 Å². The van der Waals surface area contributed by atoms with Crippen LogP contribution in [0, 0.1) is 13.8 Å². The number of amides is 1. The van der Waals surface area contributed by atoms with Crippen LogP contribution >= 0.6 is 11.6 Å². The Morgan fingerprint density at radius 1 is 1.19 bits per heavy atom. The number of ether oxygens (including phenoxy) is 1. The first-order chi connectivity index (χ1) is 15.4. The number of hydrogen-bond acceptors (Lipinski definition) is 5. The molecule has 0 radical (unpaired) electrons. The van der Waals surface area contributed by atoms with Crippen molar-refractivity contribution in [2.45, 2.75) is 77.0 Å². The highest BCUT2D eigenvalue weighted by Crippen LogP contribution is 2.36. The van der Waals surface area contributed by atoms with Crippen LogP contribution < -0.4 is 5.32 Å². The summed E-state index contributed by atoms with van der Waals surface area (Å²) in [5.74, 6) is 2.18. The molecule has 1 aromatic carbocycles. The summed E-state index contributed by atoms with van der Waals surface area (Å²) in [6.45, 7) is 7.74. The van der Waals surface area contributed by atoms with E-state index in [1.54, 1.807) is 0 Å². The molecule has 6 nitrogen and oxygen atoms in total. The predicted octanol–water partition coefficient (Wildman–Crippen LogP) is 4.42. The predicted molar refractivity (Wildman–Crippen MR) is 125 cm³/mol. The SMILES string of the molecule is CCNC(=O)[C@H]1CN(C2CCC(c3nc(C)c(C)o3)CC2)[C@@H](Cc2ccc(Cl)cc2)CO1. The number of morpholine rings is 1. The van der Waals surface area contributed by atoms with E-state index in [4.69, 9.17) is 20.8 Å². The van der Waals surface area contributed by atoms with Gasteiger partial charge in [-0.15, -0.1) is 0 Å². The lowest BCUT2D eigenvalue weighted by Gasteiger charge is -2.45. The highest BCUT2D eigenvalue weighted by Gasteiger charge is 2.38. The number of aryl methyl sites for hydroxylation is 2. The zero-order chi connectivity index (χ0) is 22.7. The van der Waals surface area contributed by atoms with E-state index in [1.807, 2.05) is 32.9 Å². The maximum atomic E-state index is 12.5. The Bertz CT molecular complexity index is 886. The minimum Gasteiger partial charge on any atom is -0.445 e. The molecule has 7 heteroatoms. The third-order valence-corrected chi connectivity index (χ3v) is 7.18. The zero-order valence-electron chi connectivity index (χ0n) is 19.3. The Kier molecular flexibility index (Phi) is 7.54. The number of likely N-dealkylation sites (N-methyl/N-ethyl adjacent to an activating group) is 1. The number of hydrogen-bond donors (Lipinski definition) is 1. The standard InChI is InChI=1S/C25H34ClN3O3/c1-4-27-24(30)23-14-29(22(15-31-23)13-18-5-9-20(26)10-6-18)21-11-7-19(8-12-21)25-28-16(2)17(3)32-25/h5-6,9-10,19,21-23H,4,7-8,11-15H2,1-3H3,(H,27,30)/t19?,21?,22-,23+/m0/s1. The van der Waals surface area contributed by atoms with Gasteiger partial charge in [0.15, 0.2) is 5.89 Å². The number of oxazole rings is 1. The van der Waals surface area contributed by atoms with Gasteiger partial charge in [-0.1, -0.05) is 23.7 Å². The largest absolute Gasteiger partial charge is 0.445 e. The first-order valence-corrected chi connectivity index (χ1v) is 12.2. The monoisotopic (exact) mass is 459 g/mol. The molecule has 2 atom stereocenters. The molecule has 1 N–H and O–H groups in total. The van der Waals surface area contributed by atoms with Crippen molar-refractivity contribution in [3.63, 3.8) is 0 Å². The Morgan fingerprint density at radius 3 is 2.53 bits per heavy atom. The average molecular weight is 460 g/mol. The molecule has 2 aromatic rings. The van der Waals surface area contributed by atoms with Crippen molar-refractivity contribution >= 4 is 17.5 Å². The van der Waals surface area contributed by atoms with Gasteiger partial charge in [-0.2, -0.15) is 0 Å². The van der Waals surface area contributed by atoms with Gasteiger partial charge in [0.05, 0.1) is 12.3 Å². The van der Waals surface area contributed by atoms with E-state index in [-0.39, 0.29) is 11.9 Å². The number of halogens is 1. The van der Waals surface area contributed by atoms with Crippen molar-refractivity contribution in [1.82, 2.24) is 15.2 Å². The summed E-state index contributed by atoms with van der Waals surface area (Å²) in [6.07, 6.45) is 4.74. The summed E-state index contributed by atoms with van der Waals surface area (Å²) in [7, 11) is 0. The molecule has 1 saturated heterocycles.